The summed E-state index contributed by atoms with van der Waals surface area (Å²) in [6.07, 6.45) is 1.59. The van der Waals surface area contributed by atoms with Crippen molar-refractivity contribution >= 4 is 23.5 Å². The molecule has 9 heteroatoms. The lowest BCUT2D eigenvalue weighted by atomic mass is 10.2. The maximum absolute atomic E-state index is 12.9. The summed E-state index contributed by atoms with van der Waals surface area (Å²) < 4.78 is 9.23. The molecule has 1 amide bonds. The Balaban J connectivity index is 1.56. The van der Waals surface area contributed by atoms with Crippen molar-refractivity contribution in [3.8, 4) is 23.3 Å². The number of carbonyl (C=O) groups is 1. The number of nitrogens with zero attached hydrogens (tertiary/aromatic N) is 5. The third-order valence-corrected chi connectivity index (χ3v) is 6.17. The number of rotatable bonds is 7. The van der Waals surface area contributed by atoms with Crippen LogP contribution < -0.4 is 5.32 Å². The van der Waals surface area contributed by atoms with Crippen LogP contribution >= 0.6 is 11.8 Å². The second-order valence-corrected chi connectivity index (χ2v) is 8.02. The minimum atomic E-state index is -0.230. The number of furan rings is 1. The monoisotopic (exact) mass is 446 g/mol. The van der Waals surface area contributed by atoms with Gasteiger partial charge >= 0.3 is 0 Å². The van der Waals surface area contributed by atoms with Crippen molar-refractivity contribution in [3.05, 3.63) is 65.5 Å². The van der Waals surface area contributed by atoms with Gasteiger partial charge in [0.1, 0.15) is 11.9 Å². The molecule has 1 N–H and O–H groups in total. The minimum absolute atomic E-state index is 0.124. The van der Waals surface area contributed by atoms with E-state index in [0.29, 0.717) is 34.7 Å². The molecule has 0 aliphatic rings. The third-order valence-electron chi connectivity index (χ3n) is 5.20. The molecule has 0 saturated heterocycles. The van der Waals surface area contributed by atoms with E-state index in [9.17, 15) is 10.1 Å². The summed E-state index contributed by atoms with van der Waals surface area (Å²) in [5.74, 6) is 1.62. The van der Waals surface area contributed by atoms with E-state index in [1.807, 2.05) is 66.3 Å². The zero-order valence-corrected chi connectivity index (χ0v) is 18.8. The summed E-state index contributed by atoms with van der Waals surface area (Å²) in [6, 6.07) is 15.5. The Morgan fingerprint density at radius 1 is 1.19 bits per heavy atom. The van der Waals surface area contributed by atoms with Gasteiger partial charge in [-0.3, -0.25) is 13.9 Å². The molecule has 3 heterocycles. The van der Waals surface area contributed by atoms with Crippen LogP contribution in [0.3, 0.4) is 0 Å². The molecule has 0 bridgehead atoms. The molecule has 0 saturated carbocycles. The van der Waals surface area contributed by atoms with Crippen LogP contribution in [0.5, 0.6) is 0 Å². The van der Waals surface area contributed by atoms with Crippen molar-refractivity contribution in [1.29, 1.82) is 5.26 Å². The van der Waals surface area contributed by atoms with Crippen molar-refractivity contribution in [2.45, 2.75) is 32.5 Å². The summed E-state index contributed by atoms with van der Waals surface area (Å²) >= 11 is 1.29. The molecule has 0 aliphatic heterocycles. The molecular formula is C23H22N6O2S. The van der Waals surface area contributed by atoms with Crippen LogP contribution in [0.1, 0.15) is 23.7 Å². The number of hydrogen-bond acceptors (Lipinski definition) is 6. The van der Waals surface area contributed by atoms with Crippen LogP contribution in [0, 0.1) is 25.2 Å². The highest BCUT2D eigenvalue weighted by Gasteiger charge is 2.21. The zero-order valence-electron chi connectivity index (χ0n) is 18.0. The Bertz CT molecular complexity index is 1280. The summed E-state index contributed by atoms with van der Waals surface area (Å²) in [5, 5.41) is 21.7. The lowest BCUT2D eigenvalue weighted by molar-refractivity contribution is -0.113. The maximum Gasteiger partial charge on any atom is 0.236 e. The van der Waals surface area contributed by atoms with E-state index < -0.39 is 0 Å². The van der Waals surface area contributed by atoms with E-state index >= 15 is 0 Å². The number of nitriles is 1. The number of anilines is 1. The van der Waals surface area contributed by atoms with Crippen LogP contribution in [0.4, 0.5) is 5.82 Å². The Kier molecular flexibility index (Phi) is 6.14. The van der Waals surface area contributed by atoms with Gasteiger partial charge in [0, 0.05) is 17.9 Å². The standard InChI is InChI=1S/C23H22N6O2S/c1-4-28-22(19-11-8-12-31-19)26-27-23(28)32-14-20(30)25-21-18(13-24)15(2)16(3)29(21)17-9-6-5-7-10-17/h5-12H,4,14H2,1-3H3,(H,25,30). The summed E-state index contributed by atoms with van der Waals surface area (Å²) in [4.78, 5) is 12.9. The zero-order chi connectivity index (χ0) is 22.7. The number of thioether (sulfide) groups is 1. The average Bonchev–Trinajstić information content (AvgIpc) is 3.52. The topological polar surface area (TPSA) is 102 Å². The summed E-state index contributed by atoms with van der Waals surface area (Å²) in [7, 11) is 0. The van der Waals surface area contributed by atoms with Gasteiger partial charge in [-0.1, -0.05) is 30.0 Å². The van der Waals surface area contributed by atoms with E-state index in [2.05, 4.69) is 21.6 Å². The van der Waals surface area contributed by atoms with E-state index in [0.717, 1.165) is 16.9 Å². The molecule has 0 unspecified atom stereocenters. The van der Waals surface area contributed by atoms with E-state index in [1.165, 1.54) is 11.8 Å². The maximum atomic E-state index is 12.9. The lowest BCUT2D eigenvalue weighted by Gasteiger charge is -2.13. The third kappa shape index (κ3) is 3.92. The normalized spacial score (nSPS) is 10.8. The first-order valence-corrected chi connectivity index (χ1v) is 11.1. The highest BCUT2D eigenvalue weighted by Crippen LogP contribution is 2.30. The van der Waals surface area contributed by atoms with Crippen molar-refractivity contribution in [2.24, 2.45) is 0 Å². The number of nitrogens with one attached hydrogen (secondary N) is 1. The highest BCUT2D eigenvalue weighted by molar-refractivity contribution is 7.99. The predicted molar refractivity (Wildman–Crippen MR) is 123 cm³/mol. The first kappa shape index (κ1) is 21.5. The summed E-state index contributed by atoms with van der Waals surface area (Å²) in [5.41, 5.74) is 3.09. The number of aromatic nitrogens is 4. The number of hydrogen-bond donors (Lipinski definition) is 1. The van der Waals surface area contributed by atoms with Gasteiger partial charge in [-0.25, -0.2) is 0 Å². The highest BCUT2D eigenvalue weighted by atomic mass is 32.2. The van der Waals surface area contributed by atoms with Crippen molar-refractivity contribution in [2.75, 3.05) is 11.1 Å². The van der Waals surface area contributed by atoms with E-state index in [4.69, 9.17) is 4.42 Å². The molecule has 1 aromatic carbocycles. The smallest absolute Gasteiger partial charge is 0.236 e. The second kappa shape index (κ2) is 9.16. The molecule has 0 aliphatic carbocycles. The van der Waals surface area contributed by atoms with Crippen molar-refractivity contribution in [1.82, 2.24) is 19.3 Å². The number of amides is 1. The van der Waals surface area contributed by atoms with Gasteiger partial charge in [0.05, 0.1) is 17.6 Å². The molecule has 0 radical (unpaired) electrons. The molecule has 0 fully saturated rings. The predicted octanol–water partition coefficient (Wildman–Crippen LogP) is 4.57. The van der Waals surface area contributed by atoms with Crippen LogP contribution in [0.2, 0.25) is 0 Å². The SMILES string of the molecule is CCn1c(SCC(=O)Nc2c(C#N)c(C)c(C)n2-c2ccccc2)nnc1-c1ccco1. The minimum Gasteiger partial charge on any atom is -0.461 e. The van der Waals surface area contributed by atoms with Crippen molar-refractivity contribution < 1.29 is 9.21 Å². The van der Waals surface area contributed by atoms with Gasteiger partial charge in [0.2, 0.25) is 5.91 Å². The van der Waals surface area contributed by atoms with Gasteiger partial charge in [0.15, 0.2) is 16.7 Å². The Labute approximate surface area is 189 Å². The summed E-state index contributed by atoms with van der Waals surface area (Å²) in [6.45, 7) is 6.45. The molecule has 3 aromatic heterocycles. The molecule has 4 rings (SSSR count). The fourth-order valence-corrected chi connectivity index (χ4v) is 4.33. The van der Waals surface area contributed by atoms with Crippen molar-refractivity contribution in [3.63, 3.8) is 0 Å². The Morgan fingerprint density at radius 3 is 2.62 bits per heavy atom. The van der Waals surface area contributed by atoms with Crippen LogP contribution in [-0.2, 0) is 11.3 Å². The molecule has 4 aromatic rings. The average molecular weight is 447 g/mol. The molecule has 0 atom stereocenters. The quantitative estimate of drug-likeness (QED) is 0.417. The molecule has 0 spiro atoms. The largest absolute Gasteiger partial charge is 0.461 e. The fraction of sp³-hybridized carbons (Fsp3) is 0.217. The van der Waals surface area contributed by atoms with E-state index in [-0.39, 0.29) is 11.7 Å². The number of carbonyl (C=O) groups excluding carboxylic acids is 1. The first-order valence-electron chi connectivity index (χ1n) is 10.1. The van der Waals surface area contributed by atoms with Gasteiger partial charge < -0.3 is 9.73 Å². The molecule has 162 valence electrons. The Morgan fingerprint density at radius 2 is 1.97 bits per heavy atom. The number of para-hydroxylation sites is 1. The van der Waals surface area contributed by atoms with Gasteiger partial charge in [-0.2, -0.15) is 5.26 Å². The van der Waals surface area contributed by atoms with Gasteiger partial charge in [-0.05, 0) is 50.6 Å². The van der Waals surface area contributed by atoms with E-state index in [1.54, 1.807) is 12.3 Å². The fourth-order valence-electron chi connectivity index (χ4n) is 3.53. The first-order chi connectivity index (χ1) is 15.5. The van der Waals surface area contributed by atoms with Gasteiger partial charge in [-0.15, -0.1) is 10.2 Å². The Hall–Kier alpha value is -3.77. The molecule has 32 heavy (non-hydrogen) atoms. The number of benzene rings is 1. The molecular weight excluding hydrogens is 424 g/mol. The second-order valence-electron chi connectivity index (χ2n) is 7.08. The van der Waals surface area contributed by atoms with Crippen LogP contribution in [0.15, 0.2) is 58.3 Å². The van der Waals surface area contributed by atoms with Crippen LogP contribution in [0.25, 0.3) is 17.3 Å². The molecule has 8 nitrogen and oxygen atoms in total. The lowest BCUT2D eigenvalue weighted by Crippen LogP contribution is -2.18. The van der Waals surface area contributed by atoms with Gasteiger partial charge in [0.25, 0.3) is 0 Å². The van der Waals surface area contributed by atoms with Crippen LogP contribution in [-0.4, -0.2) is 31.0 Å².